The fourth-order valence-electron chi connectivity index (χ4n) is 3.99. The number of fused-ring (bicyclic) bond motifs is 1. The van der Waals surface area contributed by atoms with Crippen LogP contribution in [0.25, 0.3) is 10.9 Å². The molecule has 3 aromatic rings. The Hall–Kier alpha value is -3.13. The van der Waals surface area contributed by atoms with Gasteiger partial charge in [-0.1, -0.05) is 0 Å². The van der Waals surface area contributed by atoms with Crippen LogP contribution in [0, 0.1) is 5.92 Å². The van der Waals surface area contributed by atoms with Gasteiger partial charge in [-0.15, -0.1) is 0 Å². The Morgan fingerprint density at radius 1 is 1.23 bits per heavy atom. The second-order valence-corrected chi connectivity index (χ2v) is 8.37. The summed E-state index contributed by atoms with van der Waals surface area (Å²) in [4.78, 5) is 31.6. The topological polar surface area (TPSA) is 110 Å². The number of hydrogen-bond acceptors (Lipinski definition) is 6. The van der Waals surface area contributed by atoms with Crippen LogP contribution in [0.2, 0.25) is 0 Å². The molecule has 0 bridgehead atoms. The molecule has 8 heteroatoms. The van der Waals surface area contributed by atoms with Gasteiger partial charge in [-0.05, 0) is 51.7 Å². The molecule has 0 aliphatic heterocycles. The van der Waals surface area contributed by atoms with Gasteiger partial charge in [0.15, 0.2) is 0 Å². The third-order valence-electron chi connectivity index (χ3n) is 5.67. The number of aliphatic hydroxyl groups is 1. The normalized spacial score (nSPS) is 19.6. The van der Waals surface area contributed by atoms with Gasteiger partial charge in [0, 0.05) is 41.1 Å². The van der Waals surface area contributed by atoms with Crippen molar-refractivity contribution in [3.63, 3.8) is 0 Å². The van der Waals surface area contributed by atoms with E-state index in [4.69, 9.17) is 5.10 Å². The van der Waals surface area contributed by atoms with E-state index >= 15 is 0 Å². The lowest BCUT2D eigenvalue weighted by Gasteiger charge is -2.25. The number of rotatable bonds is 5. The van der Waals surface area contributed by atoms with Crippen LogP contribution in [0.5, 0.6) is 0 Å². The summed E-state index contributed by atoms with van der Waals surface area (Å²) in [5.74, 6) is -0.247. The van der Waals surface area contributed by atoms with Gasteiger partial charge in [-0.25, -0.2) is 4.98 Å². The monoisotopic (exact) mass is 407 g/mol. The summed E-state index contributed by atoms with van der Waals surface area (Å²) in [5.41, 5.74) is 0.853. The van der Waals surface area contributed by atoms with Crippen molar-refractivity contribution in [1.29, 1.82) is 0 Å². The number of carbonyl (C=O) groups excluding carboxylic acids is 2. The molecule has 1 amide bonds. The zero-order chi connectivity index (χ0) is 21.3. The van der Waals surface area contributed by atoms with Crippen LogP contribution in [0.3, 0.4) is 0 Å². The van der Waals surface area contributed by atoms with E-state index in [1.807, 2.05) is 23.0 Å². The van der Waals surface area contributed by atoms with Crippen molar-refractivity contribution in [1.82, 2.24) is 19.7 Å². The average molecular weight is 407 g/mol. The van der Waals surface area contributed by atoms with Crippen LogP contribution in [0.15, 0.2) is 36.9 Å². The summed E-state index contributed by atoms with van der Waals surface area (Å²) in [6.07, 6.45) is 10.9. The second-order valence-electron chi connectivity index (χ2n) is 8.37. The number of nitrogens with one attached hydrogen (secondary N) is 1. The standard InChI is InChI=1S/C22H25N5O3/c1-22(2,30)17-10-18-15(9-19(17)25-21(29)20-11-23-7-8-24-20)12-27(26-18)16-5-3-14(13-28)4-6-16/h7-14,16,30H,3-6H2,1-2H3,(H,25,29). The highest BCUT2D eigenvalue weighted by Crippen LogP contribution is 2.35. The largest absolute Gasteiger partial charge is 0.386 e. The van der Waals surface area contributed by atoms with Crippen LogP contribution < -0.4 is 5.32 Å². The van der Waals surface area contributed by atoms with Crippen molar-refractivity contribution in [2.45, 2.75) is 51.2 Å². The molecule has 2 N–H and O–H groups in total. The van der Waals surface area contributed by atoms with Gasteiger partial charge in [-0.2, -0.15) is 5.10 Å². The van der Waals surface area contributed by atoms with Crippen LogP contribution in [0.1, 0.15) is 61.6 Å². The maximum Gasteiger partial charge on any atom is 0.275 e. The lowest BCUT2D eigenvalue weighted by molar-refractivity contribution is -0.112. The fraction of sp³-hybridized carbons (Fsp3) is 0.409. The van der Waals surface area contributed by atoms with Crippen molar-refractivity contribution in [2.75, 3.05) is 5.32 Å². The summed E-state index contributed by atoms with van der Waals surface area (Å²) in [7, 11) is 0. The number of aromatic nitrogens is 4. The first-order chi connectivity index (χ1) is 14.3. The lowest BCUT2D eigenvalue weighted by Crippen LogP contribution is -2.21. The first kappa shape index (κ1) is 20.2. The Labute approximate surface area is 174 Å². The highest BCUT2D eigenvalue weighted by Gasteiger charge is 2.26. The van der Waals surface area contributed by atoms with E-state index in [-0.39, 0.29) is 17.7 Å². The fourth-order valence-corrected chi connectivity index (χ4v) is 3.99. The predicted octanol–water partition coefficient (Wildman–Crippen LogP) is 3.24. The summed E-state index contributed by atoms with van der Waals surface area (Å²) in [6, 6.07) is 3.89. The van der Waals surface area contributed by atoms with Crippen molar-refractivity contribution in [3.8, 4) is 0 Å². The Balaban J connectivity index is 1.67. The molecular weight excluding hydrogens is 382 g/mol. The summed E-state index contributed by atoms with van der Waals surface area (Å²) in [6.45, 7) is 3.34. The zero-order valence-electron chi connectivity index (χ0n) is 17.1. The molecule has 1 aromatic carbocycles. The molecule has 1 aliphatic rings. The quantitative estimate of drug-likeness (QED) is 0.628. The molecule has 1 aliphatic carbocycles. The number of anilines is 1. The predicted molar refractivity (Wildman–Crippen MR) is 112 cm³/mol. The first-order valence-electron chi connectivity index (χ1n) is 10.1. The molecule has 156 valence electrons. The lowest BCUT2D eigenvalue weighted by atomic mass is 9.87. The third kappa shape index (κ3) is 4.09. The Kier molecular flexibility index (Phi) is 5.34. The van der Waals surface area contributed by atoms with E-state index in [0.29, 0.717) is 11.3 Å². The van der Waals surface area contributed by atoms with Gasteiger partial charge < -0.3 is 15.2 Å². The Morgan fingerprint density at radius 2 is 2.00 bits per heavy atom. The maximum atomic E-state index is 12.6. The number of amides is 1. The number of nitrogens with zero attached hydrogens (tertiary/aromatic N) is 4. The van der Waals surface area contributed by atoms with E-state index in [2.05, 4.69) is 15.3 Å². The average Bonchev–Trinajstić information content (AvgIpc) is 3.16. The SMILES string of the molecule is CC(C)(O)c1cc2nn(C3CCC(C=O)CC3)cc2cc1NC(=O)c1cnccn1. The summed E-state index contributed by atoms with van der Waals surface area (Å²) >= 11 is 0. The van der Waals surface area contributed by atoms with E-state index in [1.165, 1.54) is 18.6 Å². The zero-order valence-corrected chi connectivity index (χ0v) is 17.1. The van der Waals surface area contributed by atoms with Crippen molar-refractivity contribution >= 4 is 28.8 Å². The highest BCUT2D eigenvalue weighted by molar-refractivity contribution is 6.04. The maximum absolute atomic E-state index is 12.6. The highest BCUT2D eigenvalue weighted by atomic mass is 16.3. The minimum Gasteiger partial charge on any atom is -0.386 e. The van der Waals surface area contributed by atoms with Gasteiger partial charge in [0.2, 0.25) is 0 Å². The number of carbonyl (C=O) groups is 2. The molecule has 0 spiro atoms. The van der Waals surface area contributed by atoms with Crippen molar-refractivity contribution < 1.29 is 14.7 Å². The number of benzene rings is 1. The smallest absolute Gasteiger partial charge is 0.275 e. The van der Waals surface area contributed by atoms with Crippen molar-refractivity contribution in [2.24, 2.45) is 5.92 Å². The van der Waals surface area contributed by atoms with Crippen LogP contribution >= 0.6 is 0 Å². The van der Waals surface area contributed by atoms with E-state index in [1.54, 1.807) is 13.8 Å². The minimum absolute atomic E-state index is 0.149. The molecule has 8 nitrogen and oxygen atoms in total. The molecule has 0 saturated heterocycles. The van der Waals surface area contributed by atoms with Gasteiger partial charge in [0.1, 0.15) is 12.0 Å². The molecule has 0 atom stereocenters. The second kappa shape index (κ2) is 7.95. The number of hydrogen-bond donors (Lipinski definition) is 2. The van der Waals surface area contributed by atoms with Crippen LogP contribution in [-0.4, -0.2) is 37.0 Å². The molecule has 4 rings (SSSR count). The molecule has 2 aromatic heterocycles. The molecule has 2 heterocycles. The van der Waals surface area contributed by atoms with E-state index < -0.39 is 11.5 Å². The molecule has 30 heavy (non-hydrogen) atoms. The molecule has 0 unspecified atom stereocenters. The minimum atomic E-state index is -1.18. The Bertz CT molecular complexity index is 1060. The van der Waals surface area contributed by atoms with Crippen molar-refractivity contribution in [3.05, 3.63) is 48.2 Å². The molecular formula is C22H25N5O3. The molecule has 1 fully saturated rings. The van der Waals surface area contributed by atoms with Gasteiger partial charge >= 0.3 is 0 Å². The Morgan fingerprint density at radius 3 is 2.63 bits per heavy atom. The van der Waals surface area contributed by atoms with E-state index in [0.717, 1.165) is 42.9 Å². The summed E-state index contributed by atoms with van der Waals surface area (Å²) in [5, 5.41) is 19.1. The summed E-state index contributed by atoms with van der Waals surface area (Å²) < 4.78 is 1.95. The number of aldehydes is 1. The van der Waals surface area contributed by atoms with Gasteiger partial charge in [0.05, 0.1) is 23.4 Å². The molecule has 0 radical (unpaired) electrons. The van der Waals surface area contributed by atoms with Gasteiger partial charge in [-0.3, -0.25) is 14.5 Å². The first-order valence-corrected chi connectivity index (χ1v) is 10.1. The molecule has 1 saturated carbocycles. The third-order valence-corrected chi connectivity index (χ3v) is 5.67. The van der Waals surface area contributed by atoms with E-state index in [9.17, 15) is 14.7 Å². The van der Waals surface area contributed by atoms with Gasteiger partial charge in [0.25, 0.3) is 5.91 Å². The van der Waals surface area contributed by atoms with Crippen LogP contribution in [0.4, 0.5) is 5.69 Å². The van der Waals surface area contributed by atoms with Crippen LogP contribution in [-0.2, 0) is 10.4 Å².